The molecular formula is C19H23N5O3. The van der Waals surface area contributed by atoms with Gasteiger partial charge in [0, 0.05) is 30.9 Å². The molecule has 0 saturated carbocycles. The Morgan fingerprint density at radius 2 is 1.96 bits per heavy atom. The molecule has 27 heavy (non-hydrogen) atoms. The molecule has 1 aromatic carbocycles. The molecule has 1 fully saturated rings. The molecule has 8 nitrogen and oxygen atoms in total. The number of hydrogen-bond acceptors (Lipinski definition) is 6. The van der Waals surface area contributed by atoms with E-state index in [0.29, 0.717) is 43.8 Å². The summed E-state index contributed by atoms with van der Waals surface area (Å²) in [6.45, 7) is 3.24. The summed E-state index contributed by atoms with van der Waals surface area (Å²) >= 11 is 0. The molecule has 1 aliphatic heterocycles. The molecule has 0 unspecified atom stereocenters. The van der Waals surface area contributed by atoms with Gasteiger partial charge in [-0.05, 0) is 19.8 Å². The Hall–Kier alpha value is -3.16. The third-order valence-corrected chi connectivity index (χ3v) is 4.46. The second-order valence-corrected chi connectivity index (χ2v) is 6.29. The number of aromatic nitrogens is 2. The van der Waals surface area contributed by atoms with Gasteiger partial charge in [0.1, 0.15) is 0 Å². The van der Waals surface area contributed by atoms with E-state index < -0.39 is 0 Å². The van der Waals surface area contributed by atoms with Crippen molar-refractivity contribution in [3.63, 3.8) is 0 Å². The van der Waals surface area contributed by atoms with E-state index in [2.05, 4.69) is 15.3 Å². The SMILES string of the molecule is CCOC(=O)N1CCC(NC(=O)c2cnc(N)nc2-c2ccccc2)CC1. The molecule has 3 N–H and O–H groups in total. The lowest BCUT2D eigenvalue weighted by Gasteiger charge is -2.31. The number of amides is 2. The smallest absolute Gasteiger partial charge is 0.409 e. The Labute approximate surface area is 157 Å². The monoisotopic (exact) mass is 369 g/mol. The maximum absolute atomic E-state index is 12.8. The minimum Gasteiger partial charge on any atom is -0.450 e. The second kappa shape index (κ2) is 8.48. The zero-order chi connectivity index (χ0) is 19.2. The topological polar surface area (TPSA) is 110 Å². The van der Waals surface area contributed by atoms with Crippen molar-refractivity contribution in [3.8, 4) is 11.3 Å². The first kappa shape index (κ1) is 18.6. The number of carbonyl (C=O) groups excluding carboxylic acids is 2. The fourth-order valence-corrected chi connectivity index (χ4v) is 3.06. The van der Waals surface area contributed by atoms with Crippen molar-refractivity contribution < 1.29 is 14.3 Å². The predicted molar refractivity (Wildman–Crippen MR) is 101 cm³/mol. The zero-order valence-electron chi connectivity index (χ0n) is 15.2. The van der Waals surface area contributed by atoms with Gasteiger partial charge in [-0.1, -0.05) is 30.3 Å². The number of hydrogen-bond donors (Lipinski definition) is 2. The molecule has 142 valence electrons. The Bertz CT molecular complexity index is 804. The van der Waals surface area contributed by atoms with Crippen LogP contribution in [0.15, 0.2) is 36.5 Å². The van der Waals surface area contributed by atoms with Crippen molar-refractivity contribution in [2.75, 3.05) is 25.4 Å². The molecule has 8 heteroatoms. The lowest BCUT2D eigenvalue weighted by Crippen LogP contribution is -2.46. The molecule has 2 heterocycles. The molecule has 2 amide bonds. The van der Waals surface area contributed by atoms with Crippen LogP contribution in [0, 0.1) is 0 Å². The molecule has 0 radical (unpaired) electrons. The maximum Gasteiger partial charge on any atom is 0.409 e. The van der Waals surface area contributed by atoms with Gasteiger partial charge in [-0.25, -0.2) is 14.8 Å². The highest BCUT2D eigenvalue weighted by Gasteiger charge is 2.26. The van der Waals surface area contributed by atoms with Gasteiger partial charge in [-0.3, -0.25) is 4.79 Å². The van der Waals surface area contributed by atoms with E-state index in [1.165, 1.54) is 6.20 Å². The van der Waals surface area contributed by atoms with Crippen molar-refractivity contribution in [1.82, 2.24) is 20.2 Å². The van der Waals surface area contributed by atoms with Crippen molar-refractivity contribution in [1.29, 1.82) is 0 Å². The van der Waals surface area contributed by atoms with Gasteiger partial charge in [0.15, 0.2) is 0 Å². The normalized spacial score (nSPS) is 14.6. The van der Waals surface area contributed by atoms with E-state index in [9.17, 15) is 9.59 Å². The Kier molecular flexibility index (Phi) is 5.85. The number of nitrogens with zero attached hydrogens (tertiary/aromatic N) is 3. The lowest BCUT2D eigenvalue weighted by molar-refractivity contribution is 0.0860. The van der Waals surface area contributed by atoms with Gasteiger partial charge in [-0.2, -0.15) is 0 Å². The van der Waals surface area contributed by atoms with Crippen molar-refractivity contribution in [3.05, 3.63) is 42.1 Å². The Morgan fingerprint density at radius 3 is 2.63 bits per heavy atom. The number of piperidine rings is 1. The molecule has 2 aromatic rings. The van der Waals surface area contributed by atoms with Gasteiger partial charge in [-0.15, -0.1) is 0 Å². The lowest BCUT2D eigenvalue weighted by atomic mass is 10.0. The van der Waals surface area contributed by atoms with Crippen LogP contribution in [0.25, 0.3) is 11.3 Å². The van der Waals surface area contributed by atoms with Crippen LogP contribution in [-0.2, 0) is 4.74 Å². The largest absolute Gasteiger partial charge is 0.450 e. The molecule has 1 aromatic heterocycles. The predicted octanol–water partition coefficient (Wildman–Crippen LogP) is 2.08. The number of carbonyl (C=O) groups is 2. The molecule has 1 saturated heterocycles. The first-order valence-corrected chi connectivity index (χ1v) is 8.99. The number of benzene rings is 1. The van der Waals surface area contributed by atoms with Crippen molar-refractivity contribution >= 4 is 17.9 Å². The standard InChI is InChI=1S/C19H23N5O3/c1-2-27-19(26)24-10-8-14(9-11-24)22-17(25)15-12-21-18(20)23-16(15)13-6-4-3-5-7-13/h3-7,12,14H,2,8-11H2,1H3,(H,22,25)(H2,20,21,23). The number of anilines is 1. The summed E-state index contributed by atoms with van der Waals surface area (Å²) in [6, 6.07) is 9.36. The first-order valence-electron chi connectivity index (χ1n) is 8.99. The average molecular weight is 369 g/mol. The fraction of sp³-hybridized carbons (Fsp3) is 0.368. The van der Waals surface area contributed by atoms with Crippen LogP contribution in [0.1, 0.15) is 30.1 Å². The van der Waals surface area contributed by atoms with E-state index >= 15 is 0 Å². The number of nitrogens with two attached hydrogens (primary N) is 1. The fourth-order valence-electron chi connectivity index (χ4n) is 3.06. The minimum atomic E-state index is -0.305. The van der Waals surface area contributed by atoms with Crippen LogP contribution in [0.3, 0.4) is 0 Å². The highest BCUT2D eigenvalue weighted by atomic mass is 16.6. The average Bonchev–Trinajstić information content (AvgIpc) is 2.69. The number of nitrogen functional groups attached to an aromatic ring is 1. The van der Waals surface area contributed by atoms with Crippen LogP contribution < -0.4 is 11.1 Å². The second-order valence-electron chi connectivity index (χ2n) is 6.29. The minimum absolute atomic E-state index is 0.0237. The number of ether oxygens (including phenoxy) is 1. The van der Waals surface area contributed by atoms with E-state index in [1.807, 2.05) is 30.3 Å². The quantitative estimate of drug-likeness (QED) is 0.854. The van der Waals surface area contributed by atoms with E-state index in [4.69, 9.17) is 10.5 Å². The summed E-state index contributed by atoms with van der Waals surface area (Å²) in [4.78, 5) is 34.5. The Morgan fingerprint density at radius 1 is 1.26 bits per heavy atom. The van der Waals surface area contributed by atoms with Gasteiger partial charge in [0.2, 0.25) is 5.95 Å². The van der Waals surface area contributed by atoms with Gasteiger partial charge in [0.25, 0.3) is 5.91 Å². The molecular weight excluding hydrogens is 346 g/mol. The highest BCUT2D eigenvalue weighted by molar-refractivity contribution is 6.00. The van der Waals surface area contributed by atoms with Crippen LogP contribution in [0.4, 0.5) is 10.7 Å². The summed E-state index contributed by atoms with van der Waals surface area (Å²) in [5, 5.41) is 3.02. The molecule has 3 rings (SSSR count). The molecule has 0 spiro atoms. The molecule has 0 atom stereocenters. The summed E-state index contributed by atoms with van der Waals surface area (Å²) < 4.78 is 5.01. The third-order valence-electron chi connectivity index (χ3n) is 4.46. The molecule has 0 bridgehead atoms. The van der Waals surface area contributed by atoms with Crippen molar-refractivity contribution in [2.45, 2.75) is 25.8 Å². The summed E-state index contributed by atoms with van der Waals surface area (Å²) in [5.74, 6) is -0.128. The van der Waals surface area contributed by atoms with Crippen LogP contribution in [0.2, 0.25) is 0 Å². The molecule has 1 aliphatic rings. The summed E-state index contributed by atoms with van der Waals surface area (Å²) in [5.41, 5.74) is 7.40. The first-order chi connectivity index (χ1) is 13.1. The maximum atomic E-state index is 12.8. The van der Waals surface area contributed by atoms with Crippen LogP contribution in [-0.4, -0.2) is 52.6 Å². The molecule has 0 aliphatic carbocycles. The van der Waals surface area contributed by atoms with E-state index in [1.54, 1.807) is 11.8 Å². The van der Waals surface area contributed by atoms with Gasteiger partial charge < -0.3 is 20.7 Å². The van der Waals surface area contributed by atoms with Gasteiger partial charge in [0.05, 0.1) is 17.9 Å². The van der Waals surface area contributed by atoms with Crippen LogP contribution >= 0.6 is 0 Å². The van der Waals surface area contributed by atoms with E-state index in [-0.39, 0.29) is 24.0 Å². The zero-order valence-corrected chi connectivity index (χ0v) is 15.2. The number of likely N-dealkylation sites (tertiary alicyclic amines) is 1. The number of nitrogens with one attached hydrogen (secondary N) is 1. The van der Waals surface area contributed by atoms with Crippen LogP contribution in [0.5, 0.6) is 0 Å². The van der Waals surface area contributed by atoms with Crippen molar-refractivity contribution in [2.24, 2.45) is 0 Å². The highest BCUT2D eigenvalue weighted by Crippen LogP contribution is 2.22. The van der Waals surface area contributed by atoms with Gasteiger partial charge >= 0.3 is 6.09 Å². The summed E-state index contributed by atoms with van der Waals surface area (Å²) in [6.07, 6.45) is 2.48. The third kappa shape index (κ3) is 4.52. The summed E-state index contributed by atoms with van der Waals surface area (Å²) in [7, 11) is 0. The number of rotatable bonds is 4. The van der Waals surface area contributed by atoms with E-state index in [0.717, 1.165) is 5.56 Å². The Balaban J connectivity index is 1.68.